The summed E-state index contributed by atoms with van der Waals surface area (Å²) in [5, 5.41) is 0. The molecule has 0 aromatic rings. The highest BCUT2D eigenvalue weighted by Gasteiger charge is 2.01. The minimum Gasteiger partial charge on any atom is -0.375 e. The third-order valence-electron chi connectivity index (χ3n) is 1.68. The van der Waals surface area contributed by atoms with Crippen LogP contribution in [0.25, 0.3) is 0 Å². The normalized spacial score (nSPS) is 12.4. The van der Waals surface area contributed by atoms with Crippen molar-refractivity contribution in [2.75, 3.05) is 33.0 Å². The summed E-state index contributed by atoms with van der Waals surface area (Å²) in [6.45, 7) is 16.3. The predicted molar refractivity (Wildman–Crippen MR) is 66.7 cm³/mol. The first-order valence-corrected chi connectivity index (χ1v) is 5.58. The van der Waals surface area contributed by atoms with E-state index in [9.17, 15) is 0 Å². The Kier molecular flexibility index (Phi) is 9.19. The lowest BCUT2D eigenvalue weighted by atomic mass is 10.4. The van der Waals surface area contributed by atoms with Crippen LogP contribution in [0.4, 0.5) is 0 Å². The molecule has 0 radical (unpaired) electrons. The van der Waals surface area contributed by atoms with Gasteiger partial charge in [-0.2, -0.15) is 0 Å². The van der Waals surface area contributed by atoms with Crippen LogP contribution in [0.15, 0.2) is 24.3 Å². The van der Waals surface area contributed by atoms with Gasteiger partial charge in [0.05, 0.1) is 39.1 Å². The molecule has 0 heterocycles. The fourth-order valence-corrected chi connectivity index (χ4v) is 1.00. The molecule has 0 saturated heterocycles. The highest BCUT2D eigenvalue weighted by molar-refractivity contribution is 4.87. The zero-order valence-electron chi connectivity index (χ0n) is 10.8. The van der Waals surface area contributed by atoms with Crippen LogP contribution in [-0.4, -0.2) is 39.1 Å². The van der Waals surface area contributed by atoms with E-state index in [2.05, 4.69) is 13.2 Å². The Morgan fingerprint density at radius 1 is 1.00 bits per heavy atom. The quantitative estimate of drug-likeness (QED) is 0.425. The molecule has 16 heavy (non-hydrogen) atoms. The minimum atomic E-state index is 0.0905. The molecule has 0 rings (SSSR count). The van der Waals surface area contributed by atoms with Crippen LogP contribution < -0.4 is 0 Å². The van der Waals surface area contributed by atoms with Crippen molar-refractivity contribution in [3.63, 3.8) is 0 Å². The second-order valence-corrected chi connectivity index (χ2v) is 4.16. The van der Waals surface area contributed by atoms with Crippen LogP contribution in [-0.2, 0) is 14.2 Å². The first-order valence-electron chi connectivity index (χ1n) is 5.58. The molecule has 94 valence electrons. The lowest BCUT2D eigenvalue weighted by Crippen LogP contribution is -2.19. The van der Waals surface area contributed by atoms with E-state index in [4.69, 9.17) is 14.2 Å². The van der Waals surface area contributed by atoms with Gasteiger partial charge >= 0.3 is 0 Å². The van der Waals surface area contributed by atoms with Crippen molar-refractivity contribution in [1.29, 1.82) is 0 Å². The van der Waals surface area contributed by atoms with Gasteiger partial charge in [0, 0.05) is 0 Å². The first kappa shape index (κ1) is 15.4. The van der Waals surface area contributed by atoms with E-state index >= 15 is 0 Å². The Labute approximate surface area is 99.1 Å². The Hall–Kier alpha value is -0.640. The molecule has 3 heteroatoms. The van der Waals surface area contributed by atoms with Crippen molar-refractivity contribution < 1.29 is 14.2 Å². The van der Waals surface area contributed by atoms with Crippen molar-refractivity contribution in [3.05, 3.63) is 24.3 Å². The zero-order valence-corrected chi connectivity index (χ0v) is 10.8. The minimum absolute atomic E-state index is 0.0905. The van der Waals surface area contributed by atoms with Crippen LogP contribution in [0.2, 0.25) is 0 Å². The van der Waals surface area contributed by atoms with E-state index in [1.165, 1.54) is 0 Å². The summed E-state index contributed by atoms with van der Waals surface area (Å²) in [6.07, 6.45) is 0.0905. The van der Waals surface area contributed by atoms with Crippen molar-refractivity contribution in [1.82, 2.24) is 0 Å². The molecule has 1 unspecified atom stereocenters. The number of rotatable bonds is 10. The molecule has 0 bridgehead atoms. The molecule has 0 aromatic heterocycles. The van der Waals surface area contributed by atoms with E-state index in [-0.39, 0.29) is 6.10 Å². The molecule has 0 aliphatic rings. The SMILES string of the molecule is C=C(C)COCCOC(C)COCC(=C)C. The van der Waals surface area contributed by atoms with Crippen LogP contribution in [0.1, 0.15) is 20.8 Å². The maximum atomic E-state index is 5.50. The van der Waals surface area contributed by atoms with Gasteiger partial charge in [-0.1, -0.05) is 24.3 Å². The average molecular weight is 228 g/mol. The van der Waals surface area contributed by atoms with Gasteiger partial charge in [-0.15, -0.1) is 0 Å². The van der Waals surface area contributed by atoms with E-state index in [0.29, 0.717) is 33.0 Å². The maximum Gasteiger partial charge on any atom is 0.0781 e. The highest BCUT2D eigenvalue weighted by atomic mass is 16.5. The second kappa shape index (κ2) is 9.58. The summed E-state index contributed by atoms with van der Waals surface area (Å²) in [6, 6.07) is 0. The molecule has 1 atom stereocenters. The molecular weight excluding hydrogens is 204 g/mol. The molecule has 0 fully saturated rings. The van der Waals surface area contributed by atoms with Crippen molar-refractivity contribution in [2.45, 2.75) is 26.9 Å². The maximum absolute atomic E-state index is 5.50. The zero-order chi connectivity index (χ0) is 12.4. The molecule has 0 aromatic carbocycles. The summed E-state index contributed by atoms with van der Waals surface area (Å²) in [7, 11) is 0. The fraction of sp³-hybridized carbons (Fsp3) is 0.692. The molecule has 0 saturated carbocycles. The topological polar surface area (TPSA) is 27.7 Å². The molecule has 3 nitrogen and oxygen atoms in total. The van der Waals surface area contributed by atoms with E-state index in [1.54, 1.807) is 0 Å². The summed E-state index contributed by atoms with van der Waals surface area (Å²) < 4.78 is 16.2. The van der Waals surface area contributed by atoms with Crippen LogP contribution in [0.5, 0.6) is 0 Å². The van der Waals surface area contributed by atoms with Crippen LogP contribution in [0.3, 0.4) is 0 Å². The van der Waals surface area contributed by atoms with E-state index in [1.807, 2.05) is 20.8 Å². The lowest BCUT2D eigenvalue weighted by Gasteiger charge is -2.13. The number of hydrogen-bond donors (Lipinski definition) is 0. The number of hydrogen-bond acceptors (Lipinski definition) is 3. The molecule has 0 N–H and O–H groups in total. The lowest BCUT2D eigenvalue weighted by molar-refractivity contribution is -0.0234. The summed E-state index contributed by atoms with van der Waals surface area (Å²) in [5.74, 6) is 0. The summed E-state index contributed by atoms with van der Waals surface area (Å²) in [5.41, 5.74) is 2.05. The van der Waals surface area contributed by atoms with Gasteiger partial charge in [-0.05, 0) is 20.8 Å². The smallest absolute Gasteiger partial charge is 0.0781 e. The van der Waals surface area contributed by atoms with Crippen LogP contribution >= 0.6 is 0 Å². The number of ether oxygens (including phenoxy) is 3. The molecule has 0 aliphatic carbocycles. The van der Waals surface area contributed by atoms with Crippen LogP contribution in [0, 0.1) is 0 Å². The highest BCUT2D eigenvalue weighted by Crippen LogP contribution is 1.96. The van der Waals surface area contributed by atoms with Gasteiger partial charge < -0.3 is 14.2 Å². The Balaban J connectivity index is 3.26. The van der Waals surface area contributed by atoms with Gasteiger partial charge in [0.1, 0.15) is 0 Å². The van der Waals surface area contributed by atoms with Crippen molar-refractivity contribution in [2.24, 2.45) is 0 Å². The third kappa shape index (κ3) is 11.4. The Morgan fingerprint density at radius 3 is 2.12 bits per heavy atom. The van der Waals surface area contributed by atoms with E-state index in [0.717, 1.165) is 11.1 Å². The monoisotopic (exact) mass is 228 g/mol. The second-order valence-electron chi connectivity index (χ2n) is 4.16. The summed E-state index contributed by atoms with van der Waals surface area (Å²) >= 11 is 0. The fourth-order valence-electron chi connectivity index (χ4n) is 1.00. The molecule has 0 spiro atoms. The van der Waals surface area contributed by atoms with Crippen molar-refractivity contribution >= 4 is 0 Å². The molecule has 0 aliphatic heterocycles. The largest absolute Gasteiger partial charge is 0.375 e. The van der Waals surface area contributed by atoms with Gasteiger partial charge in [0.15, 0.2) is 0 Å². The van der Waals surface area contributed by atoms with Crippen molar-refractivity contribution in [3.8, 4) is 0 Å². The van der Waals surface area contributed by atoms with E-state index < -0.39 is 0 Å². The van der Waals surface area contributed by atoms with Gasteiger partial charge in [0.25, 0.3) is 0 Å². The molecular formula is C13H24O3. The average Bonchev–Trinajstić information content (AvgIpc) is 2.16. The van der Waals surface area contributed by atoms with Gasteiger partial charge in [-0.25, -0.2) is 0 Å². The standard InChI is InChI=1S/C13H24O3/c1-11(2)8-14-6-7-16-13(5)10-15-9-12(3)4/h13H,1,3,6-10H2,2,4-5H3. The Bertz CT molecular complexity index is 211. The van der Waals surface area contributed by atoms with Gasteiger partial charge in [-0.3, -0.25) is 0 Å². The predicted octanol–water partition coefficient (Wildman–Crippen LogP) is 2.58. The van der Waals surface area contributed by atoms with Gasteiger partial charge in [0.2, 0.25) is 0 Å². The third-order valence-corrected chi connectivity index (χ3v) is 1.68. The Morgan fingerprint density at radius 2 is 1.56 bits per heavy atom. The first-order chi connectivity index (χ1) is 7.52. The molecule has 0 amide bonds. The summed E-state index contributed by atoms with van der Waals surface area (Å²) in [4.78, 5) is 0.